The van der Waals surface area contributed by atoms with Crippen molar-refractivity contribution in [3.8, 4) is 0 Å². The Morgan fingerprint density at radius 2 is 1.59 bits per heavy atom. The number of hydrogen-bond acceptors (Lipinski definition) is 4. The molecule has 6 nitrogen and oxygen atoms in total. The maximum atomic E-state index is 12.4. The van der Waals surface area contributed by atoms with E-state index in [1.165, 1.54) is 6.20 Å². The van der Waals surface area contributed by atoms with Gasteiger partial charge in [0.1, 0.15) is 0 Å². The number of carbonyl (C=O) groups is 1. The van der Waals surface area contributed by atoms with Gasteiger partial charge in [0, 0.05) is 28.2 Å². The van der Waals surface area contributed by atoms with Crippen molar-refractivity contribution in [3.63, 3.8) is 0 Å². The van der Waals surface area contributed by atoms with Crippen molar-refractivity contribution < 1.29 is 13.2 Å². The van der Waals surface area contributed by atoms with Crippen molar-refractivity contribution in [2.24, 2.45) is 0 Å². The van der Waals surface area contributed by atoms with E-state index < -0.39 is 10.0 Å². The summed E-state index contributed by atoms with van der Waals surface area (Å²) in [5.74, 6) is -0.309. The average Bonchev–Trinajstić information content (AvgIpc) is 2.63. The van der Waals surface area contributed by atoms with Crippen LogP contribution in [0.1, 0.15) is 15.9 Å². The van der Waals surface area contributed by atoms with Gasteiger partial charge in [-0.2, -0.15) is 0 Å². The van der Waals surface area contributed by atoms with Gasteiger partial charge in [0.2, 0.25) is 0 Å². The predicted molar refractivity (Wildman–Crippen MR) is 108 cm³/mol. The minimum Gasteiger partial charge on any atom is -0.322 e. The zero-order valence-electron chi connectivity index (χ0n) is 14.3. The van der Waals surface area contributed by atoms with Gasteiger partial charge in [-0.1, -0.05) is 17.7 Å². The number of aromatic nitrogens is 1. The molecular weight excluding hydrogens is 430 g/mol. The molecule has 0 fully saturated rings. The Morgan fingerprint density at radius 1 is 0.963 bits per heavy atom. The quantitative estimate of drug-likeness (QED) is 0.615. The second-order valence-corrected chi connectivity index (χ2v) is 8.44. The number of anilines is 2. The zero-order chi connectivity index (χ0) is 19.4. The SMILES string of the molecule is Cc1ccc(S(=O)(=O)Nc2ccc(NC(=O)c3cncc(Br)c3)cc2)cc1. The molecule has 8 heteroatoms. The standard InChI is InChI=1S/C19H16BrN3O3S/c1-13-2-8-18(9-3-13)27(25,26)23-17-6-4-16(5-7-17)22-19(24)14-10-15(20)12-21-11-14/h2-12,23H,1H3,(H,22,24). The Kier molecular flexibility index (Phi) is 5.57. The number of nitrogens with one attached hydrogen (secondary N) is 2. The van der Waals surface area contributed by atoms with Gasteiger partial charge in [0.25, 0.3) is 15.9 Å². The van der Waals surface area contributed by atoms with Crippen LogP contribution in [0, 0.1) is 6.92 Å². The molecule has 27 heavy (non-hydrogen) atoms. The van der Waals surface area contributed by atoms with Gasteiger partial charge in [-0.05, 0) is 65.3 Å². The van der Waals surface area contributed by atoms with Crippen molar-refractivity contribution in [1.82, 2.24) is 4.98 Å². The lowest BCUT2D eigenvalue weighted by molar-refractivity contribution is 0.102. The third kappa shape index (κ3) is 4.93. The first-order valence-electron chi connectivity index (χ1n) is 7.95. The van der Waals surface area contributed by atoms with E-state index in [9.17, 15) is 13.2 Å². The molecular formula is C19H16BrN3O3S. The molecule has 0 unspecified atom stereocenters. The third-order valence-corrected chi connectivity index (χ3v) is 5.52. The first-order chi connectivity index (χ1) is 12.8. The number of pyridine rings is 1. The van der Waals surface area contributed by atoms with Crippen LogP contribution in [0.25, 0.3) is 0 Å². The Hall–Kier alpha value is -2.71. The molecule has 0 saturated heterocycles. The highest BCUT2D eigenvalue weighted by Crippen LogP contribution is 2.19. The number of carbonyl (C=O) groups excluding carboxylic acids is 1. The van der Waals surface area contributed by atoms with Crippen molar-refractivity contribution in [3.05, 3.63) is 82.6 Å². The minimum atomic E-state index is -3.66. The normalized spacial score (nSPS) is 11.0. The minimum absolute atomic E-state index is 0.188. The molecule has 2 aromatic carbocycles. The molecule has 0 radical (unpaired) electrons. The van der Waals surface area contributed by atoms with Crippen molar-refractivity contribution >= 4 is 43.2 Å². The largest absolute Gasteiger partial charge is 0.322 e. The second-order valence-electron chi connectivity index (χ2n) is 5.84. The molecule has 1 aromatic heterocycles. The van der Waals surface area contributed by atoms with E-state index in [4.69, 9.17) is 0 Å². The van der Waals surface area contributed by atoms with Crippen LogP contribution in [0.4, 0.5) is 11.4 Å². The van der Waals surface area contributed by atoms with Crippen LogP contribution in [0.15, 0.2) is 76.4 Å². The molecule has 0 aliphatic carbocycles. The summed E-state index contributed by atoms with van der Waals surface area (Å²) in [6.45, 7) is 1.89. The number of hydrogen-bond donors (Lipinski definition) is 2. The number of halogens is 1. The van der Waals surface area contributed by atoms with Crippen molar-refractivity contribution in [2.75, 3.05) is 10.0 Å². The van der Waals surface area contributed by atoms with Gasteiger partial charge in [-0.3, -0.25) is 14.5 Å². The van der Waals surface area contributed by atoms with Crippen molar-refractivity contribution in [1.29, 1.82) is 0 Å². The van der Waals surface area contributed by atoms with Crippen LogP contribution in [0.2, 0.25) is 0 Å². The van der Waals surface area contributed by atoms with E-state index in [0.717, 1.165) is 5.56 Å². The monoisotopic (exact) mass is 445 g/mol. The van der Waals surface area contributed by atoms with Gasteiger partial charge in [0.15, 0.2) is 0 Å². The molecule has 0 bridgehead atoms. The van der Waals surface area contributed by atoms with E-state index in [-0.39, 0.29) is 10.8 Å². The Morgan fingerprint density at radius 3 is 2.22 bits per heavy atom. The van der Waals surface area contributed by atoms with Gasteiger partial charge >= 0.3 is 0 Å². The molecule has 1 amide bonds. The maximum absolute atomic E-state index is 12.4. The predicted octanol–water partition coefficient (Wildman–Crippen LogP) is 4.21. The lowest BCUT2D eigenvalue weighted by Crippen LogP contribution is -2.14. The molecule has 3 rings (SSSR count). The first kappa shape index (κ1) is 19.1. The number of rotatable bonds is 5. The molecule has 3 aromatic rings. The van der Waals surface area contributed by atoms with Gasteiger partial charge in [-0.25, -0.2) is 8.42 Å². The van der Waals surface area contributed by atoms with Crippen LogP contribution < -0.4 is 10.0 Å². The topological polar surface area (TPSA) is 88.2 Å². The molecule has 0 aliphatic rings. The van der Waals surface area contributed by atoms with Crippen LogP contribution in [0.5, 0.6) is 0 Å². The van der Waals surface area contributed by atoms with E-state index in [1.54, 1.807) is 60.8 Å². The lowest BCUT2D eigenvalue weighted by Gasteiger charge is -2.10. The van der Waals surface area contributed by atoms with Gasteiger partial charge in [-0.15, -0.1) is 0 Å². The number of amides is 1. The summed E-state index contributed by atoms with van der Waals surface area (Å²) in [5, 5.41) is 2.74. The molecule has 1 heterocycles. The summed E-state index contributed by atoms with van der Waals surface area (Å²) in [5.41, 5.74) is 2.33. The van der Waals surface area contributed by atoms with Crippen LogP contribution >= 0.6 is 15.9 Å². The summed E-state index contributed by atoms with van der Waals surface area (Å²) in [6, 6.07) is 14.7. The Bertz CT molecular complexity index is 1070. The highest BCUT2D eigenvalue weighted by molar-refractivity contribution is 9.10. The highest BCUT2D eigenvalue weighted by atomic mass is 79.9. The van der Waals surface area contributed by atoms with Crippen molar-refractivity contribution in [2.45, 2.75) is 11.8 Å². The smallest absolute Gasteiger partial charge is 0.261 e. The summed E-state index contributed by atoms with van der Waals surface area (Å²) >= 11 is 3.27. The fraction of sp³-hybridized carbons (Fsp3) is 0.0526. The zero-order valence-corrected chi connectivity index (χ0v) is 16.7. The van der Waals surface area contributed by atoms with E-state index in [0.29, 0.717) is 21.4 Å². The number of aryl methyl sites for hydroxylation is 1. The first-order valence-corrected chi connectivity index (χ1v) is 10.2. The van der Waals surface area contributed by atoms with Gasteiger partial charge in [0.05, 0.1) is 10.5 Å². The summed E-state index contributed by atoms with van der Waals surface area (Å²) in [6.07, 6.45) is 3.05. The maximum Gasteiger partial charge on any atom is 0.261 e. The van der Waals surface area contributed by atoms with Crippen LogP contribution in [0.3, 0.4) is 0 Å². The Labute approximate surface area is 165 Å². The lowest BCUT2D eigenvalue weighted by atomic mass is 10.2. The summed E-state index contributed by atoms with van der Waals surface area (Å²) in [7, 11) is -3.66. The fourth-order valence-corrected chi connectivity index (χ4v) is 3.72. The second kappa shape index (κ2) is 7.89. The summed E-state index contributed by atoms with van der Waals surface area (Å²) < 4.78 is 28.0. The molecule has 138 valence electrons. The molecule has 0 aliphatic heterocycles. The average molecular weight is 446 g/mol. The highest BCUT2D eigenvalue weighted by Gasteiger charge is 2.14. The number of nitrogens with zero attached hydrogens (tertiary/aromatic N) is 1. The van der Waals surface area contributed by atoms with E-state index in [2.05, 4.69) is 31.0 Å². The van der Waals surface area contributed by atoms with Gasteiger partial charge < -0.3 is 5.32 Å². The van der Waals surface area contributed by atoms with Crippen LogP contribution in [-0.4, -0.2) is 19.3 Å². The third-order valence-electron chi connectivity index (χ3n) is 3.69. The summed E-state index contributed by atoms with van der Waals surface area (Å²) in [4.78, 5) is 16.3. The molecule has 2 N–H and O–H groups in total. The molecule has 0 spiro atoms. The molecule has 0 saturated carbocycles. The van der Waals surface area contributed by atoms with E-state index in [1.807, 2.05) is 6.92 Å². The fourth-order valence-electron chi connectivity index (χ4n) is 2.29. The Balaban J connectivity index is 1.70. The molecule has 0 atom stereocenters. The van der Waals surface area contributed by atoms with Crippen LogP contribution in [-0.2, 0) is 10.0 Å². The van der Waals surface area contributed by atoms with E-state index >= 15 is 0 Å². The number of sulfonamides is 1. The number of benzene rings is 2.